The highest BCUT2D eigenvalue weighted by atomic mass is 16.2. The van der Waals surface area contributed by atoms with Crippen molar-refractivity contribution in [1.82, 2.24) is 10.2 Å². The summed E-state index contributed by atoms with van der Waals surface area (Å²) in [6.07, 6.45) is 4.14. The maximum absolute atomic E-state index is 12.3. The van der Waals surface area contributed by atoms with Gasteiger partial charge in [-0.2, -0.15) is 0 Å². The van der Waals surface area contributed by atoms with Gasteiger partial charge in [0.25, 0.3) is 0 Å². The first-order chi connectivity index (χ1) is 9.34. The summed E-state index contributed by atoms with van der Waals surface area (Å²) >= 11 is 0. The molecule has 3 rings (SSSR count). The fourth-order valence-electron chi connectivity index (χ4n) is 3.37. The second kappa shape index (κ2) is 5.74. The van der Waals surface area contributed by atoms with Crippen LogP contribution in [0.2, 0.25) is 0 Å². The van der Waals surface area contributed by atoms with Gasteiger partial charge >= 0.3 is 0 Å². The Labute approximate surface area is 115 Å². The molecule has 2 fully saturated rings. The third kappa shape index (κ3) is 2.81. The zero-order valence-electron chi connectivity index (χ0n) is 11.3. The van der Waals surface area contributed by atoms with Crippen LogP contribution in [-0.4, -0.2) is 36.5 Å². The maximum Gasteiger partial charge on any atom is 0.224 e. The van der Waals surface area contributed by atoms with Crippen molar-refractivity contribution in [2.75, 3.05) is 19.6 Å². The molecule has 2 heterocycles. The van der Waals surface area contributed by atoms with E-state index in [-0.39, 0.29) is 0 Å². The third-order valence-corrected chi connectivity index (χ3v) is 4.43. The Bertz CT molecular complexity index is 426. The zero-order valence-corrected chi connectivity index (χ0v) is 11.3. The largest absolute Gasteiger partial charge is 0.343 e. The minimum atomic E-state index is 0.315. The van der Waals surface area contributed by atoms with Crippen molar-refractivity contribution >= 4 is 5.91 Å². The SMILES string of the molecule is O=C(C[C@@H]1NCC[C@@H]1c1ccccc1)N1CCCC1. The first kappa shape index (κ1) is 12.7. The van der Waals surface area contributed by atoms with Crippen molar-refractivity contribution in [3.8, 4) is 0 Å². The zero-order chi connectivity index (χ0) is 13.1. The lowest BCUT2D eigenvalue weighted by atomic mass is 9.90. The highest BCUT2D eigenvalue weighted by Gasteiger charge is 2.31. The van der Waals surface area contributed by atoms with Gasteiger partial charge in [0.15, 0.2) is 0 Å². The molecule has 0 unspecified atom stereocenters. The number of likely N-dealkylation sites (tertiary alicyclic amines) is 1. The summed E-state index contributed by atoms with van der Waals surface area (Å²) in [5.74, 6) is 0.825. The predicted octanol–water partition coefficient (Wildman–Crippen LogP) is 2.14. The van der Waals surface area contributed by atoms with Crippen molar-refractivity contribution in [3.63, 3.8) is 0 Å². The molecule has 3 heteroatoms. The summed E-state index contributed by atoms with van der Waals surface area (Å²) in [5, 5.41) is 3.51. The number of carbonyl (C=O) groups excluding carboxylic acids is 1. The smallest absolute Gasteiger partial charge is 0.224 e. The van der Waals surface area contributed by atoms with Crippen LogP contribution in [0.25, 0.3) is 0 Å². The van der Waals surface area contributed by atoms with Crippen molar-refractivity contribution in [2.45, 2.75) is 37.6 Å². The number of hydrogen-bond acceptors (Lipinski definition) is 2. The van der Waals surface area contributed by atoms with E-state index in [0.717, 1.165) is 26.1 Å². The summed E-state index contributed by atoms with van der Waals surface area (Å²) in [5.41, 5.74) is 1.37. The quantitative estimate of drug-likeness (QED) is 0.901. The second-order valence-corrected chi connectivity index (χ2v) is 5.66. The molecule has 0 bridgehead atoms. The Morgan fingerprint density at radius 1 is 1.21 bits per heavy atom. The van der Waals surface area contributed by atoms with Gasteiger partial charge in [-0.15, -0.1) is 0 Å². The van der Waals surface area contributed by atoms with E-state index in [1.54, 1.807) is 0 Å². The van der Waals surface area contributed by atoms with Crippen LogP contribution in [0.15, 0.2) is 30.3 Å². The van der Waals surface area contributed by atoms with E-state index in [1.165, 1.54) is 18.4 Å². The molecule has 1 aromatic rings. The van der Waals surface area contributed by atoms with Crippen molar-refractivity contribution < 1.29 is 4.79 Å². The van der Waals surface area contributed by atoms with Crippen LogP contribution in [0.4, 0.5) is 0 Å². The van der Waals surface area contributed by atoms with Gasteiger partial charge in [-0.1, -0.05) is 30.3 Å². The Hall–Kier alpha value is -1.35. The lowest BCUT2D eigenvalue weighted by Gasteiger charge is -2.22. The van der Waals surface area contributed by atoms with E-state index in [2.05, 4.69) is 35.6 Å². The summed E-state index contributed by atoms with van der Waals surface area (Å²) in [6, 6.07) is 10.9. The van der Waals surface area contributed by atoms with Crippen molar-refractivity contribution in [3.05, 3.63) is 35.9 Å². The van der Waals surface area contributed by atoms with E-state index >= 15 is 0 Å². The van der Waals surface area contributed by atoms with E-state index in [4.69, 9.17) is 0 Å². The van der Waals surface area contributed by atoms with Crippen LogP contribution < -0.4 is 5.32 Å². The molecule has 2 aliphatic rings. The summed E-state index contributed by atoms with van der Waals surface area (Å²) in [4.78, 5) is 14.3. The van der Waals surface area contributed by atoms with E-state index in [1.807, 2.05) is 4.90 Å². The fraction of sp³-hybridized carbons (Fsp3) is 0.562. The Morgan fingerprint density at radius 3 is 2.68 bits per heavy atom. The standard InChI is InChI=1S/C16H22N2O/c19-16(18-10-4-5-11-18)12-15-14(8-9-17-15)13-6-2-1-3-7-13/h1-3,6-7,14-15,17H,4-5,8-12H2/t14-,15+/m1/s1. The van der Waals surface area contributed by atoms with Gasteiger partial charge in [0, 0.05) is 31.5 Å². The number of carbonyl (C=O) groups is 1. The number of nitrogens with one attached hydrogen (secondary N) is 1. The lowest BCUT2D eigenvalue weighted by Crippen LogP contribution is -2.36. The summed E-state index contributed by atoms with van der Waals surface area (Å²) in [6.45, 7) is 2.95. The van der Waals surface area contributed by atoms with E-state index < -0.39 is 0 Å². The molecule has 19 heavy (non-hydrogen) atoms. The molecule has 0 saturated carbocycles. The number of nitrogens with zero attached hydrogens (tertiary/aromatic N) is 1. The van der Waals surface area contributed by atoms with Gasteiger partial charge in [0.1, 0.15) is 0 Å². The number of benzene rings is 1. The highest BCUT2D eigenvalue weighted by molar-refractivity contribution is 5.77. The monoisotopic (exact) mass is 258 g/mol. The molecule has 1 N–H and O–H groups in total. The van der Waals surface area contributed by atoms with Gasteiger partial charge in [0.05, 0.1) is 0 Å². The van der Waals surface area contributed by atoms with Gasteiger partial charge in [-0.25, -0.2) is 0 Å². The Morgan fingerprint density at radius 2 is 1.95 bits per heavy atom. The van der Waals surface area contributed by atoms with E-state index in [9.17, 15) is 4.79 Å². The summed E-state index contributed by atoms with van der Waals surface area (Å²) in [7, 11) is 0. The first-order valence-electron chi connectivity index (χ1n) is 7.41. The summed E-state index contributed by atoms with van der Waals surface area (Å²) < 4.78 is 0. The average molecular weight is 258 g/mol. The van der Waals surface area contributed by atoms with Crippen LogP contribution in [0.5, 0.6) is 0 Å². The molecular weight excluding hydrogens is 236 g/mol. The number of hydrogen-bond donors (Lipinski definition) is 1. The molecule has 2 aliphatic heterocycles. The van der Waals surface area contributed by atoms with Gasteiger partial charge in [-0.3, -0.25) is 4.79 Å². The van der Waals surface area contributed by atoms with Gasteiger partial charge in [-0.05, 0) is 31.4 Å². The first-order valence-corrected chi connectivity index (χ1v) is 7.41. The number of rotatable bonds is 3. The number of amides is 1. The molecule has 2 saturated heterocycles. The van der Waals surface area contributed by atoms with Crippen LogP contribution in [-0.2, 0) is 4.79 Å². The average Bonchev–Trinajstić information content (AvgIpc) is 3.11. The minimum Gasteiger partial charge on any atom is -0.343 e. The van der Waals surface area contributed by atoms with E-state index in [0.29, 0.717) is 24.3 Å². The lowest BCUT2D eigenvalue weighted by molar-refractivity contribution is -0.130. The van der Waals surface area contributed by atoms with Crippen molar-refractivity contribution in [2.24, 2.45) is 0 Å². The molecule has 0 aromatic heterocycles. The van der Waals surface area contributed by atoms with Crippen molar-refractivity contribution in [1.29, 1.82) is 0 Å². The molecule has 3 nitrogen and oxygen atoms in total. The van der Waals surface area contributed by atoms with Crippen LogP contribution in [0.1, 0.15) is 37.2 Å². The molecule has 0 aliphatic carbocycles. The molecule has 0 spiro atoms. The molecule has 102 valence electrons. The minimum absolute atomic E-state index is 0.315. The molecule has 1 aromatic carbocycles. The molecule has 1 amide bonds. The van der Waals surface area contributed by atoms with Gasteiger partial charge < -0.3 is 10.2 Å². The van der Waals surface area contributed by atoms with Crippen LogP contribution in [0.3, 0.4) is 0 Å². The normalized spacial score (nSPS) is 26.8. The second-order valence-electron chi connectivity index (χ2n) is 5.66. The molecule has 0 radical (unpaired) electrons. The fourth-order valence-corrected chi connectivity index (χ4v) is 3.37. The Kier molecular flexibility index (Phi) is 3.83. The van der Waals surface area contributed by atoms with Crippen LogP contribution in [0, 0.1) is 0 Å². The highest BCUT2D eigenvalue weighted by Crippen LogP contribution is 2.29. The van der Waals surface area contributed by atoms with Crippen LogP contribution >= 0.6 is 0 Å². The topological polar surface area (TPSA) is 32.3 Å². The maximum atomic E-state index is 12.3. The third-order valence-electron chi connectivity index (χ3n) is 4.43. The Balaban J connectivity index is 1.65. The molecule has 2 atom stereocenters. The van der Waals surface area contributed by atoms with Gasteiger partial charge in [0.2, 0.25) is 5.91 Å². The predicted molar refractivity (Wildman–Crippen MR) is 76.0 cm³/mol. The molecular formula is C16H22N2O.